The fourth-order valence-corrected chi connectivity index (χ4v) is 3.41. The SMILES string of the molecule is CCCNC(c1cc(F)ccc1C)C1(C)CCCC1. The lowest BCUT2D eigenvalue weighted by molar-refractivity contribution is 0.222. The predicted octanol–water partition coefficient (Wildman–Crippen LogP) is 4.76. The Bertz CT molecular complexity index is 421. The van der Waals surface area contributed by atoms with Crippen molar-refractivity contribution in [3.8, 4) is 0 Å². The molecular weight excluding hydrogens is 237 g/mol. The lowest BCUT2D eigenvalue weighted by atomic mass is 9.76. The molecule has 1 aromatic carbocycles. The summed E-state index contributed by atoms with van der Waals surface area (Å²) in [4.78, 5) is 0. The monoisotopic (exact) mass is 263 g/mol. The molecule has 1 N–H and O–H groups in total. The molecule has 0 aromatic heterocycles. The summed E-state index contributed by atoms with van der Waals surface area (Å²) < 4.78 is 13.6. The second-order valence-electron chi connectivity index (χ2n) is 6.25. The van der Waals surface area contributed by atoms with Gasteiger partial charge in [0.1, 0.15) is 5.82 Å². The van der Waals surface area contributed by atoms with Gasteiger partial charge in [0.2, 0.25) is 0 Å². The minimum Gasteiger partial charge on any atom is -0.309 e. The Morgan fingerprint density at radius 1 is 1.32 bits per heavy atom. The van der Waals surface area contributed by atoms with E-state index in [1.165, 1.54) is 31.2 Å². The number of halogens is 1. The van der Waals surface area contributed by atoms with Crippen molar-refractivity contribution in [2.45, 2.75) is 58.9 Å². The Hall–Kier alpha value is -0.890. The Kier molecular flexibility index (Phi) is 4.62. The summed E-state index contributed by atoms with van der Waals surface area (Å²) >= 11 is 0. The van der Waals surface area contributed by atoms with Crippen LogP contribution >= 0.6 is 0 Å². The molecule has 0 bridgehead atoms. The molecule has 19 heavy (non-hydrogen) atoms. The van der Waals surface area contributed by atoms with E-state index < -0.39 is 0 Å². The van der Waals surface area contributed by atoms with E-state index >= 15 is 0 Å². The van der Waals surface area contributed by atoms with E-state index in [-0.39, 0.29) is 17.3 Å². The molecule has 0 radical (unpaired) electrons. The summed E-state index contributed by atoms with van der Waals surface area (Å²) in [5, 5.41) is 3.67. The van der Waals surface area contributed by atoms with Gasteiger partial charge < -0.3 is 5.32 Å². The van der Waals surface area contributed by atoms with Crippen molar-refractivity contribution < 1.29 is 4.39 Å². The Labute approximate surface area is 116 Å². The maximum absolute atomic E-state index is 13.6. The van der Waals surface area contributed by atoms with Crippen LogP contribution in [0.3, 0.4) is 0 Å². The van der Waals surface area contributed by atoms with E-state index in [1.54, 1.807) is 12.1 Å². The zero-order valence-electron chi connectivity index (χ0n) is 12.4. The summed E-state index contributed by atoms with van der Waals surface area (Å²) in [6, 6.07) is 5.48. The summed E-state index contributed by atoms with van der Waals surface area (Å²) in [7, 11) is 0. The molecule has 1 aromatic rings. The van der Waals surface area contributed by atoms with Gasteiger partial charge in [-0.1, -0.05) is 32.8 Å². The van der Waals surface area contributed by atoms with Crippen LogP contribution in [0.2, 0.25) is 0 Å². The van der Waals surface area contributed by atoms with E-state index in [9.17, 15) is 4.39 Å². The smallest absolute Gasteiger partial charge is 0.123 e. The highest BCUT2D eigenvalue weighted by Crippen LogP contribution is 2.47. The first-order valence-corrected chi connectivity index (χ1v) is 7.56. The fraction of sp³-hybridized carbons (Fsp3) is 0.647. The second kappa shape index (κ2) is 6.04. The molecule has 1 atom stereocenters. The maximum Gasteiger partial charge on any atom is 0.123 e. The average Bonchev–Trinajstić information content (AvgIpc) is 2.82. The molecule has 2 rings (SSSR count). The predicted molar refractivity (Wildman–Crippen MR) is 78.7 cm³/mol. The van der Waals surface area contributed by atoms with Gasteiger partial charge in [-0.25, -0.2) is 4.39 Å². The van der Waals surface area contributed by atoms with Crippen molar-refractivity contribution in [2.75, 3.05) is 6.54 Å². The third-order valence-corrected chi connectivity index (χ3v) is 4.59. The van der Waals surface area contributed by atoms with E-state index in [0.717, 1.165) is 18.5 Å². The van der Waals surface area contributed by atoms with Gasteiger partial charge in [0.05, 0.1) is 0 Å². The van der Waals surface area contributed by atoms with Gasteiger partial charge in [-0.15, -0.1) is 0 Å². The molecule has 0 saturated heterocycles. The summed E-state index contributed by atoms with van der Waals surface area (Å²) in [5.74, 6) is -0.120. The molecule has 0 spiro atoms. The van der Waals surface area contributed by atoms with Crippen molar-refractivity contribution in [2.24, 2.45) is 5.41 Å². The first kappa shape index (κ1) is 14.5. The zero-order valence-corrected chi connectivity index (χ0v) is 12.4. The lowest BCUT2D eigenvalue weighted by Crippen LogP contribution is -2.35. The largest absolute Gasteiger partial charge is 0.309 e. The molecule has 106 valence electrons. The molecule has 2 heteroatoms. The summed E-state index contributed by atoms with van der Waals surface area (Å²) in [6.45, 7) is 7.63. The van der Waals surface area contributed by atoms with Crippen LogP contribution in [0.1, 0.15) is 63.1 Å². The third-order valence-electron chi connectivity index (χ3n) is 4.59. The number of nitrogens with one attached hydrogen (secondary N) is 1. The minimum absolute atomic E-state index is 0.120. The Balaban J connectivity index is 2.33. The highest BCUT2D eigenvalue weighted by Gasteiger charge is 2.38. The number of rotatable bonds is 5. The van der Waals surface area contributed by atoms with Crippen LogP contribution in [-0.4, -0.2) is 6.54 Å². The van der Waals surface area contributed by atoms with Gasteiger partial charge in [-0.2, -0.15) is 0 Å². The molecule has 1 unspecified atom stereocenters. The van der Waals surface area contributed by atoms with Crippen molar-refractivity contribution in [3.05, 3.63) is 35.1 Å². The standard InChI is InChI=1S/C17H26FN/c1-4-11-19-16(17(3)9-5-6-10-17)15-12-14(18)8-7-13(15)2/h7-8,12,16,19H,4-6,9-11H2,1-3H3. The highest BCUT2D eigenvalue weighted by atomic mass is 19.1. The van der Waals surface area contributed by atoms with E-state index in [4.69, 9.17) is 0 Å². The van der Waals surface area contributed by atoms with Crippen LogP contribution in [0.25, 0.3) is 0 Å². The van der Waals surface area contributed by atoms with Crippen LogP contribution in [0.5, 0.6) is 0 Å². The first-order chi connectivity index (χ1) is 9.07. The second-order valence-corrected chi connectivity index (χ2v) is 6.25. The van der Waals surface area contributed by atoms with E-state index in [1.807, 2.05) is 6.07 Å². The molecule has 1 aliphatic carbocycles. The molecule has 1 nitrogen and oxygen atoms in total. The zero-order chi connectivity index (χ0) is 13.9. The summed E-state index contributed by atoms with van der Waals surface area (Å²) in [6.07, 6.45) is 6.19. The number of hydrogen-bond donors (Lipinski definition) is 1. The molecule has 0 amide bonds. The van der Waals surface area contributed by atoms with Gasteiger partial charge in [-0.3, -0.25) is 0 Å². The number of aryl methyl sites for hydroxylation is 1. The fourth-order valence-electron chi connectivity index (χ4n) is 3.41. The first-order valence-electron chi connectivity index (χ1n) is 7.56. The quantitative estimate of drug-likeness (QED) is 0.808. The van der Waals surface area contributed by atoms with E-state index in [0.29, 0.717) is 0 Å². The minimum atomic E-state index is -0.120. The number of hydrogen-bond acceptors (Lipinski definition) is 1. The average molecular weight is 263 g/mol. The third kappa shape index (κ3) is 3.17. The molecule has 1 fully saturated rings. The summed E-state index contributed by atoms with van der Waals surface area (Å²) in [5.41, 5.74) is 2.62. The molecular formula is C17H26FN. The van der Waals surface area contributed by atoms with Gasteiger partial charge in [0, 0.05) is 6.04 Å². The van der Waals surface area contributed by atoms with Crippen molar-refractivity contribution in [1.82, 2.24) is 5.32 Å². The van der Waals surface area contributed by atoms with Crippen molar-refractivity contribution in [1.29, 1.82) is 0 Å². The maximum atomic E-state index is 13.6. The van der Waals surface area contributed by atoms with Crippen molar-refractivity contribution >= 4 is 0 Å². The Morgan fingerprint density at radius 2 is 2.00 bits per heavy atom. The van der Waals surface area contributed by atoms with Crippen molar-refractivity contribution in [3.63, 3.8) is 0 Å². The van der Waals surface area contributed by atoms with Gasteiger partial charge in [-0.05, 0) is 61.4 Å². The van der Waals surface area contributed by atoms with Crippen LogP contribution < -0.4 is 5.32 Å². The molecule has 0 aliphatic heterocycles. The van der Waals surface area contributed by atoms with Crippen LogP contribution in [0.15, 0.2) is 18.2 Å². The van der Waals surface area contributed by atoms with Gasteiger partial charge in [0.15, 0.2) is 0 Å². The molecule has 1 saturated carbocycles. The molecule has 1 aliphatic rings. The van der Waals surface area contributed by atoms with Gasteiger partial charge >= 0.3 is 0 Å². The molecule has 0 heterocycles. The van der Waals surface area contributed by atoms with E-state index in [2.05, 4.69) is 26.1 Å². The lowest BCUT2D eigenvalue weighted by Gasteiger charge is -2.36. The normalized spacial score (nSPS) is 19.6. The number of benzene rings is 1. The van der Waals surface area contributed by atoms with Gasteiger partial charge in [0.25, 0.3) is 0 Å². The van der Waals surface area contributed by atoms with Crippen LogP contribution in [0.4, 0.5) is 4.39 Å². The topological polar surface area (TPSA) is 12.0 Å². The Morgan fingerprint density at radius 3 is 2.63 bits per heavy atom. The van der Waals surface area contributed by atoms with Crippen LogP contribution in [0, 0.1) is 18.2 Å². The highest BCUT2D eigenvalue weighted by molar-refractivity contribution is 5.31. The van der Waals surface area contributed by atoms with Crippen LogP contribution in [-0.2, 0) is 0 Å².